The van der Waals surface area contributed by atoms with Crippen molar-refractivity contribution in [3.05, 3.63) is 75.3 Å². The topological polar surface area (TPSA) is 117 Å². The van der Waals surface area contributed by atoms with E-state index in [4.69, 9.17) is 5.26 Å². The van der Waals surface area contributed by atoms with Gasteiger partial charge in [-0.2, -0.15) is 10.5 Å². The van der Waals surface area contributed by atoms with E-state index < -0.39 is 11.2 Å². The maximum absolute atomic E-state index is 13.1. The minimum absolute atomic E-state index is 0.105. The van der Waals surface area contributed by atoms with Gasteiger partial charge >= 0.3 is 5.69 Å². The van der Waals surface area contributed by atoms with Gasteiger partial charge < -0.3 is 0 Å². The molecular weight excluding hydrogens is 388 g/mol. The predicted molar refractivity (Wildman–Crippen MR) is 108 cm³/mol. The molecule has 0 aliphatic heterocycles. The first-order chi connectivity index (χ1) is 14.2. The standard InChI is InChI=1S/C20H12N6O2S/c21-6-3-9-25-15-10-16(14-5-2-1-4-13(14)11-22)29-18(15)19(27)26(20(25)28)17-12-23-7-8-24-17/h1-2,4-5,7-8,10,12H,3,9H2. The zero-order valence-corrected chi connectivity index (χ0v) is 15.8. The van der Waals surface area contributed by atoms with Crippen LogP contribution in [-0.2, 0) is 6.54 Å². The minimum Gasteiger partial charge on any atom is -0.291 e. The Morgan fingerprint density at radius 3 is 2.69 bits per heavy atom. The molecular formula is C20H12N6O2S. The highest BCUT2D eigenvalue weighted by molar-refractivity contribution is 7.22. The van der Waals surface area contributed by atoms with Crippen molar-refractivity contribution in [2.75, 3.05) is 0 Å². The van der Waals surface area contributed by atoms with Crippen LogP contribution in [0.4, 0.5) is 0 Å². The molecule has 0 unspecified atom stereocenters. The molecule has 140 valence electrons. The summed E-state index contributed by atoms with van der Waals surface area (Å²) in [7, 11) is 0. The van der Waals surface area contributed by atoms with Gasteiger partial charge in [0.2, 0.25) is 0 Å². The lowest BCUT2D eigenvalue weighted by Gasteiger charge is -2.09. The second kappa shape index (κ2) is 7.50. The number of benzene rings is 1. The van der Waals surface area contributed by atoms with E-state index in [9.17, 15) is 14.9 Å². The molecule has 3 heterocycles. The second-order valence-corrected chi connectivity index (χ2v) is 7.08. The molecule has 0 fully saturated rings. The van der Waals surface area contributed by atoms with Gasteiger partial charge in [-0.15, -0.1) is 11.3 Å². The average Bonchev–Trinajstić information content (AvgIpc) is 3.20. The molecule has 0 amide bonds. The molecule has 29 heavy (non-hydrogen) atoms. The lowest BCUT2D eigenvalue weighted by molar-refractivity contribution is 0.658. The number of nitrogens with zero attached hydrogens (tertiary/aromatic N) is 6. The number of nitriles is 2. The molecule has 0 bridgehead atoms. The Labute approximate surface area is 168 Å². The van der Waals surface area contributed by atoms with Gasteiger partial charge in [0.1, 0.15) is 4.70 Å². The summed E-state index contributed by atoms with van der Waals surface area (Å²) >= 11 is 1.20. The molecule has 3 aromatic heterocycles. The third-order valence-electron chi connectivity index (χ3n) is 4.36. The van der Waals surface area contributed by atoms with Crippen LogP contribution in [0.2, 0.25) is 0 Å². The van der Waals surface area contributed by atoms with Crippen molar-refractivity contribution in [3.8, 4) is 28.4 Å². The Morgan fingerprint density at radius 2 is 1.97 bits per heavy atom. The van der Waals surface area contributed by atoms with Crippen molar-refractivity contribution in [1.82, 2.24) is 19.1 Å². The number of fused-ring (bicyclic) bond motifs is 1. The molecule has 0 spiro atoms. The Hall–Kier alpha value is -4.08. The third-order valence-corrected chi connectivity index (χ3v) is 5.51. The van der Waals surface area contributed by atoms with Crippen LogP contribution in [0.1, 0.15) is 12.0 Å². The van der Waals surface area contributed by atoms with E-state index >= 15 is 0 Å². The van der Waals surface area contributed by atoms with Crippen molar-refractivity contribution >= 4 is 21.6 Å². The number of hydrogen-bond acceptors (Lipinski definition) is 7. The molecule has 1 aromatic carbocycles. The van der Waals surface area contributed by atoms with Crippen molar-refractivity contribution in [2.24, 2.45) is 0 Å². The zero-order chi connectivity index (χ0) is 20.4. The molecule has 0 aliphatic rings. The van der Waals surface area contributed by atoms with E-state index in [1.54, 1.807) is 30.3 Å². The highest BCUT2D eigenvalue weighted by Gasteiger charge is 2.19. The monoisotopic (exact) mass is 400 g/mol. The van der Waals surface area contributed by atoms with E-state index in [0.29, 0.717) is 26.2 Å². The molecule has 0 saturated carbocycles. The summed E-state index contributed by atoms with van der Waals surface area (Å²) < 4.78 is 2.70. The van der Waals surface area contributed by atoms with E-state index in [1.165, 1.54) is 34.5 Å². The van der Waals surface area contributed by atoms with E-state index in [-0.39, 0.29) is 18.8 Å². The maximum Gasteiger partial charge on any atom is 0.337 e. The number of thiophene rings is 1. The SMILES string of the molecule is N#CCCn1c(=O)n(-c2cnccn2)c(=O)c2sc(-c3ccccc3C#N)cc21. The number of aromatic nitrogens is 4. The fourth-order valence-corrected chi connectivity index (χ4v) is 4.19. The maximum atomic E-state index is 13.1. The molecule has 8 nitrogen and oxygen atoms in total. The van der Waals surface area contributed by atoms with Gasteiger partial charge in [-0.05, 0) is 12.1 Å². The van der Waals surface area contributed by atoms with Crippen LogP contribution in [0, 0.1) is 22.7 Å². The predicted octanol–water partition coefficient (Wildman–Crippen LogP) is 2.46. The van der Waals surface area contributed by atoms with Gasteiger partial charge in [0.05, 0.1) is 35.8 Å². The first kappa shape index (κ1) is 18.3. The summed E-state index contributed by atoms with van der Waals surface area (Å²) in [6, 6.07) is 12.9. The van der Waals surface area contributed by atoms with Crippen molar-refractivity contribution in [3.63, 3.8) is 0 Å². The fraction of sp³-hybridized carbons (Fsp3) is 0.100. The van der Waals surface area contributed by atoms with Crippen LogP contribution in [0.15, 0.2) is 58.5 Å². The molecule has 0 N–H and O–H groups in total. The summed E-state index contributed by atoms with van der Waals surface area (Å²) in [5.41, 5.74) is 0.490. The second-order valence-electron chi connectivity index (χ2n) is 6.03. The van der Waals surface area contributed by atoms with Crippen LogP contribution in [0.5, 0.6) is 0 Å². The largest absolute Gasteiger partial charge is 0.337 e. The van der Waals surface area contributed by atoms with Crippen molar-refractivity contribution in [2.45, 2.75) is 13.0 Å². The first-order valence-electron chi connectivity index (χ1n) is 8.58. The van der Waals surface area contributed by atoms with Crippen LogP contribution in [-0.4, -0.2) is 19.1 Å². The van der Waals surface area contributed by atoms with Crippen LogP contribution in [0.25, 0.3) is 26.5 Å². The van der Waals surface area contributed by atoms with E-state index in [2.05, 4.69) is 16.0 Å². The van der Waals surface area contributed by atoms with Crippen molar-refractivity contribution < 1.29 is 0 Å². The van der Waals surface area contributed by atoms with Crippen LogP contribution in [0.3, 0.4) is 0 Å². The van der Waals surface area contributed by atoms with Gasteiger partial charge in [-0.1, -0.05) is 18.2 Å². The summed E-state index contributed by atoms with van der Waals surface area (Å²) in [6.07, 6.45) is 4.29. The molecule has 4 rings (SSSR count). The van der Waals surface area contributed by atoms with E-state index in [0.717, 1.165) is 4.57 Å². The highest BCUT2D eigenvalue weighted by atomic mass is 32.1. The van der Waals surface area contributed by atoms with Gasteiger partial charge in [0, 0.05) is 29.4 Å². The smallest absolute Gasteiger partial charge is 0.291 e. The average molecular weight is 400 g/mol. The Morgan fingerprint density at radius 1 is 1.14 bits per heavy atom. The number of hydrogen-bond donors (Lipinski definition) is 0. The minimum atomic E-state index is -0.587. The zero-order valence-electron chi connectivity index (χ0n) is 14.9. The highest BCUT2D eigenvalue weighted by Crippen LogP contribution is 2.33. The summed E-state index contributed by atoms with van der Waals surface area (Å²) in [5.74, 6) is 0.113. The quantitative estimate of drug-likeness (QED) is 0.519. The third kappa shape index (κ3) is 3.10. The Kier molecular flexibility index (Phi) is 4.73. The Balaban J connectivity index is 2.07. The molecule has 4 aromatic rings. The molecule has 9 heteroatoms. The van der Waals surface area contributed by atoms with Gasteiger partial charge in [-0.25, -0.2) is 14.3 Å². The normalized spacial score (nSPS) is 10.6. The molecule has 0 radical (unpaired) electrons. The van der Waals surface area contributed by atoms with E-state index in [1.807, 2.05) is 6.07 Å². The van der Waals surface area contributed by atoms with Crippen molar-refractivity contribution in [1.29, 1.82) is 10.5 Å². The lowest BCUT2D eigenvalue weighted by atomic mass is 10.1. The van der Waals surface area contributed by atoms with Gasteiger partial charge in [0.25, 0.3) is 5.56 Å². The molecule has 0 saturated heterocycles. The summed E-state index contributed by atoms with van der Waals surface area (Å²) in [4.78, 5) is 34.9. The van der Waals surface area contributed by atoms with Gasteiger partial charge in [0.15, 0.2) is 5.82 Å². The van der Waals surface area contributed by atoms with Crippen LogP contribution >= 0.6 is 11.3 Å². The molecule has 0 atom stereocenters. The number of rotatable bonds is 4. The first-order valence-corrected chi connectivity index (χ1v) is 9.39. The summed E-state index contributed by atoms with van der Waals surface area (Å²) in [6.45, 7) is 0.127. The fourth-order valence-electron chi connectivity index (χ4n) is 3.06. The Bertz CT molecular complexity index is 1420. The summed E-state index contributed by atoms with van der Waals surface area (Å²) in [5, 5.41) is 18.4. The van der Waals surface area contributed by atoms with Crippen LogP contribution < -0.4 is 11.2 Å². The molecule has 0 aliphatic carbocycles. The number of aryl methyl sites for hydroxylation is 1. The van der Waals surface area contributed by atoms with Gasteiger partial charge in [-0.3, -0.25) is 14.3 Å². The lowest BCUT2D eigenvalue weighted by Crippen LogP contribution is -2.39.